The van der Waals surface area contributed by atoms with Crippen molar-refractivity contribution in [3.63, 3.8) is 0 Å². The van der Waals surface area contributed by atoms with Gasteiger partial charge in [0.25, 0.3) is 5.91 Å². The van der Waals surface area contributed by atoms with Gasteiger partial charge in [-0.3, -0.25) is 14.4 Å². The summed E-state index contributed by atoms with van der Waals surface area (Å²) in [6.07, 6.45) is 0. The van der Waals surface area contributed by atoms with Crippen molar-refractivity contribution in [2.24, 2.45) is 0 Å². The van der Waals surface area contributed by atoms with E-state index in [1.54, 1.807) is 6.07 Å². The van der Waals surface area contributed by atoms with E-state index < -0.39 is 5.97 Å². The molecule has 0 radical (unpaired) electrons. The maximum absolute atomic E-state index is 11.7. The van der Waals surface area contributed by atoms with Gasteiger partial charge in [0, 0.05) is 11.9 Å². The Hall–Kier alpha value is -1.89. The van der Waals surface area contributed by atoms with Crippen LogP contribution >= 0.6 is 11.3 Å². The number of nitrogens with one attached hydrogen (secondary N) is 1. The minimum atomic E-state index is -0.504. The topological polar surface area (TPSA) is 75.7 Å². The van der Waals surface area contributed by atoms with Crippen LogP contribution in [0.2, 0.25) is 0 Å². The summed E-state index contributed by atoms with van der Waals surface area (Å²) in [7, 11) is 2.72. The van der Waals surface area contributed by atoms with Crippen LogP contribution in [0.4, 0.5) is 0 Å². The summed E-state index contributed by atoms with van der Waals surface area (Å²) in [6.45, 7) is 1.61. The highest BCUT2D eigenvalue weighted by molar-refractivity contribution is 7.13. The van der Waals surface area contributed by atoms with Gasteiger partial charge < -0.3 is 15.0 Å². The first kappa shape index (κ1) is 15.2. The molecular formula is C12H16N2O4S. The lowest BCUT2D eigenvalue weighted by molar-refractivity contribution is -0.145. The minimum Gasteiger partial charge on any atom is -0.468 e. The zero-order valence-corrected chi connectivity index (χ0v) is 11.9. The molecule has 0 fully saturated rings. The molecule has 19 heavy (non-hydrogen) atoms. The number of methoxy groups -OCH3 is 1. The Morgan fingerprint density at radius 3 is 2.58 bits per heavy atom. The first-order valence-corrected chi connectivity index (χ1v) is 6.41. The number of carbonyl (C=O) groups is 3. The van der Waals surface area contributed by atoms with Crippen molar-refractivity contribution in [2.45, 2.75) is 6.92 Å². The summed E-state index contributed by atoms with van der Waals surface area (Å²) in [5.41, 5.74) is 0. The molecule has 6 nitrogen and oxygen atoms in total. The highest BCUT2D eigenvalue weighted by atomic mass is 32.1. The van der Waals surface area contributed by atoms with Crippen molar-refractivity contribution < 1.29 is 19.1 Å². The molecule has 1 heterocycles. The van der Waals surface area contributed by atoms with E-state index in [0.29, 0.717) is 4.88 Å². The SMILES string of the molecule is COC(=O)CN(C)C(=O)CNC(=O)c1ccc(C)s1. The zero-order chi connectivity index (χ0) is 14.4. The number of ether oxygens (including phenoxy) is 1. The van der Waals surface area contributed by atoms with Gasteiger partial charge in [0.2, 0.25) is 5.91 Å². The second-order valence-corrected chi connectivity index (χ2v) is 5.21. The molecular weight excluding hydrogens is 268 g/mol. The Labute approximate surface area is 115 Å². The third-order valence-corrected chi connectivity index (χ3v) is 3.38. The molecule has 1 N–H and O–H groups in total. The van der Waals surface area contributed by atoms with Crippen molar-refractivity contribution in [2.75, 3.05) is 27.2 Å². The second kappa shape index (κ2) is 6.89. The number of amides is 2. The van der Waals surface area contributed by atoms with Gasteiger partial charge in [-0.25, -0.2) is 0 Å². The average molecular weight is 284 g/mol. The molecule has 0 unspecified atom stereocenters. The van der Waals surface area contributed by atoms with Gasteiger partial charge in [0.15, 0.2) is 0 Å². The molecule has 0 aliphatic carbocycles. The number of aryl methyl sites for hydroxylation is 1. The average Bonchev–Trinajstić information content (AvgIpc) is 2.81. The smallest absolute Gasteiger partial charge is 0.325 e. The fourth-order valence-corrected chi connectivity index (χ4v) is 2.06. The summed E-state index contributed by atoms with van der Waals surface area (Å²) in [4.78, 5) is 37.1. The molecule has 1 aromatic rings. The number of esters is 1. The fraction of sp³-hybridized carbons (Fsp3) is 0.417. The number of rotatable bonds is 5. The zero-order valence-electron chi connectivity index (χ0n) is 11.1. The van der Waals surface area contributed by atoms with Gasteiger partial charge in [-0.2, -0.15) is 0 Å². The molecule has 0 aliphatic heterocycles. The molecule has 0 spiro atoms. The molecule has 104 valence electrons. The molecule has 1 aromatic heterocycles. The normalized spacial score (nSPS) is 9.84. The summed E-state index contributed by atoms with van der Waals surface area (Å²) in [5.74, 6) is -1.15. The van der Waals surface area contributed by atoms with Crippen LogP contribution in [-0.4, -0.2) is 49.9 Å². The van der Waals surface area contributed by atoms with E-state index in [9.17, 15) is 14.4 Å². The molecule has 7 heteroatoms. The van der Waals surface area contributed by atoms with Crippen molar-refractivity contribution in [1.29, 1.82) is 0 Å². The molecule has 0 atom stereocenters. The van der Waals surface area contributed by atoms with E-state index in [2.05, 4.69) is 10.1 Å². The Bertz CT molecular complexity index is 484. The molecule has 1 rings (SSSR count). The van der Waals surface area contributed by atoms with E-state index >= 15 is 0 Å². The number of likely N-dealkylation sites (N-methyl/N-ethyl adjacent to an activating group) is 1. The largest absolute Gasteiger partial charge is 0.468 e. The predicted octanol–water partition coefficient (Wildman–Crippen LogP) is 0.418. The quantitative estimate of drug-likeness (QED) is 0.795. The molecule has 0 saturated heterocycles. The first-order chi connectivity index (χ1) is 8.93. The summed E-state index contributed by atoms with van der Waals surface area (Å²) in [6, 6.07) is 3.54. The Morgan fingerprint density at radius 2 is 2.05 bits per heavy atom. The summed E-state index contributed by atoms with van der Waals surface area (Å²) < 4.78 is 4.45. The van der Waals surface area contributed by atoms with Gasteiger partial charge in [-0.15, -0.1) is 11.3 Å². The van der Waals surface area contributed by atoms with Gasteiger partial charge in [0.1, 0.15) is 6.54 Å². The van der Waals surface area contributed by atoms with Crippen LogP contribution in [0.5, 0.6) is 0 Å². The summed E-state index contributed by atoms with van der Waals surface area (Å²) >= 11 is 1.36. The molecule has 0 saturated carbocycles. The Kier molecular flexibility index (Phi) is 5.50. The van der Waals surface area contributed by atoms with Crippen LogP contribution < -0.4 is 5.32 Å². The third-order valence-electron chi connectivity index (χ3n) is 2.38. The van der Waals surface area contributed by atoms with E-state index in [1.807, 2.05) is 13.0 Å². The van der Waals surface area contributed by atoms with Gasteiger partial charge in [-0.1, -0.05) is 0 Å². The Morgan fingerprint density at radius 1 is 1.37 bits per heavy atom. The summed E-state index contributed by atoms with van der Waals surface area (Å²) in [5, 5.41) is 2.51. The molecule has 0 bridgehead atoms. The highest BCUT2D eigenvalue weighted by Gasteiger charge is 2.15. The lowest BCUT2D eigenvalue weighted by Crippen LogP contribution is -2.40. The number of nitrogens with zero attached hydrogens (tertiary/aromatic N) is 1. The van der Waals surface area contributed by atoms with Crippen molar-refractivity contribution in [3.05, 3.63) is 21.9 Å². The van der Waals surface area contributed by atoms with Crippen LogP contribution in [0, 0.1) is 6.92 Å². The number of hydrogen-bond acceptors (Lipinski definition) is 5. The van der Waals surface area contributed by atoms with Crippen LogP contribution in [0.3, 0.4) is 0 Å². The predicted molar refractivity (Wildman–Crippen MR) is 71.0 cm³/mol. The first-order valence-electron chi connectivity index (χ1n) is 5.59. The fourth-order valence-electron chi connectivity index (χ4n) is 1.28. The van der Waals surface area contributed by atoms with Crippen LogP contribution in [0.15, 0.2) is 12.1 Å². The molecule has 0 aliphatic rings. The third kappa shape index (κ3) is 4.70. The van der Waals surface area contributed by atoms with E-state index in [-0.39, 0.29) is 24.9 Å². The lowest BCUT2D eigenvalue weighted by Gasteiger charge is -2.15. The van der Waals surface area contributed by atoms with Crippen LogP contribution in [-0.2, 0) is 14.3 Å². The highest BCUT2D eigenvalue weighted by Crippen LogP contribution is 2.14. The Balaban J connectivity index is 2.41. The molecule has 2 amide bonds. The second-order valence-electron chi connectivity index (χ2n) is 3.92. The lowest BCUT2D eigenvalue weighted by atomic mass is 10.4. The van der Waals surface area contributed by atoms with Gasteiger partial charge >= 0.3 is 5.97 Å². The minimum absolute atomic E-state index is 0.136. The van der Waals surface area contributed by atoms with Crippen molar-refractivity contribution in [1.82, 2.24) is 10.2 Å². The number of thiophene rings is 1. The van der Waals surface area contributed by atoms with Gasteiger partial charge in [0.05, 0.1) is 18.5 Å². The maximum Gasteiger partial charge on any atom is 0.325 e. The van der Waals surface area contributed by atoms with Gasteiger partial charge in [-0.05, 0) is 19.1 Å². The monoisotopic (exact) mass is 284 g/mol. The van der Waals surface area contributed by atoms with E-state index in [4.69, 9.17) is 0 Å². The number of carbonyl (C=O) groups excluding carboxylic acids is 3. The number of hydrogen-bond donors (Lipinski definition) is 1. The van der Waals surface area contributed by atoms with Crippen LogP contribution in [0.25, 0.3) is 0 Å². The standard InChI is InChI=1S/C12H16N2O4S/c1-8-4-5-9(19-8)12(17)13-6-10(15)14(2)7-11(16)18-3/h4-5H,6-7H2,1-3H3,(H,13,17). The van der Waals surface area contributed by atoms with Crippen LogP contribution in [0.1, 0.15) is 14.5 Å². The molecule has 0 aromatic carbocycles. The van der Waals surface area contributed by atoms with E-state index in [1.165, 1.54) is 30.4 Å². The van der Waals surface area contributed by atoms with E-state index in [0.717, 1.165) is 4.88 Å². The van der Waals surface area contributed by atoms with Crippen molar-refractivity contribution >= 4 is 29.1 Å². The maximum atomic E-state index is 11.7. The van der Waals surface area contributed by atoms with Crippen molar-refractivity contribution in [3.8, 4) is 0 Å².